The summed E-state index contributed by atoms with van der Waals surface area (Å²) in [6.45, 7) is 2.20. The van der Waals surface area contributed by atoms with Crippen molar-refractivity contribution in [3.63, 3.8) is 0 Å². The fourth-order valence-electron chi connectivity index (χ4n) is 1.59. The Bertz CT molecular complexity index is 241. The zero-order chi connectivity index (χ0) is 10.2. The van der Waals surface area contributed by atoms with Crippen molar-refractivity contribution in [2.45, 2.75) is 44.9 Å². The van der Waals surface area contributed by atoms with Crippen LogP contribution in [0, 0.1) is 0 Å². The van der Waals surface area contributed by atoms with E-state index < -0.39 is 0 Å². The normalized spacial score (nSPS) is 12.6. The topological polar surface area (TPSA) is 17.1 Å². The van der Waals surface area contributed by atoms with Crippen LogP contribution in [0.4, 0.5) is 0 Å². The van der Waals surface area contributed by atoms with Crippen LogP contribution in [0.5, 0.6) is 0 Å². The molecule has 0 aromatic carbocycles. The molecule has 0 aliphatic carbocycles. The second-order valence-corrected chi connectivity index (χ2v) is 4.43. The molecule has 1 atom stereocenters. The zero-order valence-electron chi connectivity index (χ0n) is 8.74. The number of carbonyl (C=O) groups is 1. The first-order valence-electron chi connectivity index (χ1n) is 5.36. The first-order valence-corrected chi connectivity index (χ1v) is 6.30. The van der Waals surface area contributed by atoms with Crippen LogP contribution in [0.15, 0.2) is 16.8 Å². The molecule has 0 saturated carbocycles. The molecule has 0 amide bonds. The lowest BCUT2D eigenvalue weighted by molar-refractivity contribution is -0.109. The molecule has 0 radical (unpaired) electrons. The monoisotopic (exact) mass is 210 g/mol. The van der Waals surface area contributed by atoms with Crippen LogP contribution in [-0.2, 0) is 4.79 Å². The van der Waals surface area contributed by atoms with Gasteiger partial charge in [0.05, 0.1) is 0 Å². The molecule has 1 heterocycles. The first-order chi connectivity index (χ1) is 6.88. The summed E-state index contributed by atoms with van der Waals surface area (Å²) < 4.78 is 0. The third-order valence-electron chi connectivity index (χ3n) is 2.50. The standard InChI is InChI=1S/C12H18OS/c1-2-3-4-5-6-11(9-13)12-7-8-14-10-12/h7-11H,2-6H2,1H3/t11-/m1/s1. The number of rotatable bonds is 7. The van der Waals surface area contributed by atoms with Gasteiger partial charge in [-0.2, -0.15) is 11.3 Å². The number of thiophene rings is 1. The Hall–Kier alpha value is -0.630. The molecule has 0 N–H and O–H groups in total. The molecule has 14 heavy (non-hydrogen) atoms. The van der Waals surface area contributed by atoms with E-state index in [9.17, 15) is 4.79 Å². The second kappa shape index (κ2) is 6.77. The highest BCUT2D eigenvalue weighted by molar-refractivity contribution is 7.08. The van der Waals surface area contributed by atoms with Crippen molar-refractivity contribution < 1.29 is 4.79 Å². The SMILES string of the molecule is CCCCCC[C@H](C=O)c1ccsc1. The van der Waals surface area contributed by atoms with E-state index in [4.69, 9.17) is 0 Å². The lowest BCUT2D eigenvalue weighted by atomic mass is 9.97. The summed E-state index contributed by atoms with van der Waals surface area (Å²) in [7, 11) is 0. The smallest absolute Gasteiger partial charge is 0.127 e. The van der Waals surface area contributed by atoms with Gasteiger partial charge in [0.2, 0.25) is 0 Å². The predicted molar refractivity (Wildman–Crippen MR) is 61.9 cm³/mol. The molecular weight excluding hydrogens is 192 g/mol. The minimum Gasteiger partial charge on any atom is -0.303 e. The minimum absolute atomic E-state index is 0.137. The van der Waals surface area contributed by atoms with Crippen LogP contribution in [0.2, 0.25) is 0 Å². The second-order valence-electron chi connectivity index (χ2n) is 3.65. The van der Waals surface area contributed by atoms with Crippen LogP contribution in [0.3, 0.4) is 0 Å². The van der Waals surface area contributed by atoms with Gasteiger partial charge in [-0.1, -0.05) is 32.6 Å². The molecule has 1 rings (SSSR count). The fraction of sp³-hybridized carbons (Fsp3) is 0.583. The number of aldehydes is 1. The average Bonchev–Trinajstić information content (AvgIpc) is 2.71. The van der Waals surface area contributed by atoms with Gasteiger partial charge in [0.25, 0.3) is 0 Å². The zero-order valence-corrected chi connectivity index (χ0v) is 9.56. The summed E-state index contributed by atoms with van der Waals surface area (Å²) in [4.78, 5) is 10.9. The van der Waals surface area contributed by atoms with Crippen molar-refractivity contribution in [3.8, 4) is 0 Å². The van der Waals surface area contributed by atoms with Crippen molar-refractivity contribution in [1.29, 1.82) is 0 Å². The molecule has 0 aliphatic rings. The van der Waals surface area contributed by atoms with Crippen molar-refractivity contribution in [2.75, 3.05) is 0 Å². The van der Waals surface area contributed by atoms with E-state index in [1.165, 1.54) is 31.2 Å². The van der Waals surface area contributed by atoms with E-state index >= 15 is 0 Å². The number of hydrogen-bond acceptors (Lipinski definition) is 2. The summed E-state index contributed by atoms with van der Waals surface area (Å²) in [5.74, 6) is 0.137. The highest BCUT2D eigenvalue weighted by atomic mass is 32.1. The summed E-state index contributed by atoms with van der Waals surface area (Å²) in [6, 6.07) is 2.06. The molecular formula is C12H18OS. The Labute approximate surface area is 90.2 Å². The number of hydrogen-bond donors (Lipinski definition) is 0. The molecule has 78 valence electrons. The number of unbranched alkanes of at least 4 members (excludes halogenated alkanes) is 3. The lowest BCUT2D eigenvalue weighted by Crippen LogP contribution is -1.98. The highest BCUT2D eigenvalue weighted by Gasteiger charge is 2.09. The van der Waals surface area contributed by atoms with Gasteiger partial charge in [0, 0.05) is 5.92 Å². The van der Waals surface area contributed by atoms with Crippen LogP contribution in [-0.4, -0.2) is 6.29 Å². The highest BCUT2D eigenvalue weighted by Crippen LogP contribution is 2.22. The van der Waals surface area contributed by atoms with Crippen molar-refractivity contribution >= 4 is 17.6 Å². The molecule has 0 aliphatic heterocycles. The number of carbonyl (C=O) groups excluding carboxylic acids is 1. The van der Waals surface area contributed by atoms with Gasteiger partial charge in [-0.05, 0) is 28.8 Å². The van der Waals surface area contributed by atoms with E-state index in [1.807, 2.05) is 5.38 Å². The van der Waals surface area contributed by atoms with Crippen molar-refractivity contribution in [2.24, 2.45) is 0 Å². The van der Waals surface area contributed by atoms with Crippen LogP contribution in [0.25, 0.3) is 0 Å². The summed E-state index contributed by atoms with van der Waals surface area (Å²) in [5, 5.41) is 4.12. The van der Waals surface area contributed by atoms with Gasteiger partial charge >= 0.3 is 0 Å². The Kier molecular flexibility index (Phi) is 5.53. The molecule has 1 nitrogen and oxygen atoms in total. The maximum absolute atomic E-state index is 10.9. The Morgan fingerprint density at radius 3 is 2.86 bits per heavy atom. The van der Waals surface area contributed by atoms with E-state index in [0.29, 0.717) is 0 Å². The third-order valence-corrected chi connectivity index (χ3v) is 3.21. The summed E-state index contributed by atoms with van der Waals surface area (Å²) in [5.41, 5.74) is 1.20. The maximum atomic E-state index is 10.9. The van der Waals surface area contributed by atoms with Crippen molar-refractivity contribution in [3.05, 3.63) is 22.4 Å². The van der Waals surface area contributed by atoms with Gasteiger partial charge in [-0.25, -0.2) is 0 Å². The molecule has 1 aromatic heterocycles. The fourth-order valence-corrected chi connectivity index (χ4v) is 2.32. The van der Waals surface area contributed by atoms with E-state index in [0.717, 1.165) is 12.7 Å². The molecule has 0 fully saturated rings. The third kappa shape index (κ3) is 3.62. The van der Waals surface area contributed by atoms with Crippen molar-refractivity contribution in [1.82, 2.24) is 0 Å². The van der Waals surface area contributed by atoms with E-state index in [2.05, 4.69) is 18.4 Å². The van der Waals surface area contributed by atoms with E-state index in [-0.39, 0.29) is 5.92 Å². The predicted octanol–water partition coefficient (Wildman–Crippen LogP) is 4.00. The Balaban J connectivity index is 2.29. The largest absolute Gasteiger partial charge is 0.303 e. The molecule has 1 aromatic rings. The van der Waals surface area contributed by atoms with Gasteiger partial charge in [-0.3, -0.25) is 0 Å². The molecule has 0 spiro atoms. The van der Waals surface area contributed by atoms with Gasteiger partial charge in [0.15, 0.2) is 0 Å². The first kappa shape index (κ1) is 11.4. The average molecular weight is 210 g/mol. The van der Waals surface area contributed by atoms with Crippen LogP contribution in [0.1, 0.15) is 50.5 Å². The Morgan fingerprint density at radius 1 is 1.43 bits per heavy atom. The molecule has 2 heteroatoms. The molecule has 0 saturated heterocycles. The quantitative estimate of drug-likeness (QED) is 0.491. The van der Waals surface area contributed by atoms with Gasteiger partial charge < -0.3 is 4.79 Å². The van der Waals surface area contributed by atoms with E-state index in [1.54, 1.807) is 11.3 Å². The Morgan fingerprint density at radius 2 is 2.29 bits per heavy atom. The summed E-state index contributed by atoms with van der Waals surface area (Å²) in [6.07, 6.45) is 7.08. The van der Waals surface area contributed by atoms with Crippen LogP contribution >= 0.6 is 11.3 Å². The lowest BCUT2D eigenvalue weighted by Gasteiger charge is -2.07. The summed E-state index contributed by atoms with van der Waals surface area (Å²) >= 11 is 1.67. The molecule has 0 unspecified atom stereocenters. The minimum atomic E-state index is 0.137. The maximum Gasteiger partial charge on any atom is 0.127 e. The van der Waals surface area contributed by atoms with Gasteiger partial charge in [-0.15, -0.1) is 0 Å². The van der Waals surface area contributed by atoms with Gasteiger partial charge in [0.1, 0.15) is 6.29 Å². The van der Waals surface area contributed by atoms with Crippen LogP contribution < -0.4 is 0 Å². The molecule has 0 bridgehead atoms.